The van der Waals surface area contributed by atoms with Crippen molar-refractivity contribution in [1.82, 2.24) is 4.90 Å². The fraction of sp³-hybridized carbons (Fsp3) is 0.750. The topological polar surface area (TPSA) is 49.8 Å². The Labute approximate surface area is 95.9 Å². The maximum atomic E-state index is 11.7. The van der Waals surface area contributed by atoms with Crippen LogP contribution in [0.25, 0.3) is 0 Å². The molecule has 2 aliphatic rings. The molecular weight excluding hydrogens is 206 g/mol. The van der Waals surface area contributed by atoms with Crippen LogP contribution in [0.3, 0.4) is 0 Å². The molecule has 4 heteroatoms. The number of Topliss-reactive ketones (excluding diaryl/α,β-unsaturated/α-hetero) is 1. The van der Waals surface area contributed by atoms with E-state index in [-0.39, 0.29) is 17.0 Å². The summed E-state index contributed by atoms with van der Waals surface area (Å²) in [5.41, 5.74) is 0.765. The van der Waals surface area contributed by atoms with Crippen LogP contribution in [0.1, 0.15) is 26.7 Å². The predicted molar refractivity (Wildman–Crippen MR) is 60.1 cm³/mol. The van der Waals surface area contributed by atoms with Gasteiger partial charge in [0.25, 0.3) is 0 Å². The summed E-state index contributed by atoms with van der Waals surface area (Å²) < 4.78 is 5.27. The van der Waals surface area contributed by atoms with Crippen molar-refractivity contribution in [3.05, 3.63) is 11.5 Å². The Bertz CT molecular complexity index is 327. The minimum atomic E-state index is -0.127. The average Bonchev–Trinajstić information content (AvgIpc) is 2.24. The second-order valence-corrected chi connectivity index (χ2v) is 5.34. The van der Waals surface area contributed by atoms with E-state index in [4.69, 9.17) is 4.74 Å². The van der Waals surface area contributed by atoms with Crippen molar-refractivity contribution in [2.75, 3.05) is 26.3 Å². The smallest absolute Gasteiger partial charge is 0.199 e. The summed E-state index contributed by atoms with van der Waals surface area (Å²) in [6.07, 6.45) is 1.21. The van der Waals surface area contributed by atoms with Gasteiger partial charge in [-0.05, 0) is 11.8 Å². The molecule has 1 aliphatic carbocycles. The van der Waals surface area contributed by atoms with E-state index in [9.17, 15) is 9.90 Å². The number of morpholine rings is 1. The molecule has 1 heterocycles. The fourth-order valence-corrected chi connectivity index (χ4v) is 2.37. The molecular formula is C12H19NO3. The lowest BCUT2D eigenvalue weighted by Gasteiger charge is -2.38. The van der Waals surface area contributed by atoms with E-state index in [0.717, 1.165) is 25.2 Å². The molecule has 1 aliphatic heterocycles. The predicted octanol–water partition coefficient (Wildman–Crippen LogP) is 1.48. The van der Waals surface area contributed by atoms with Crippen LogP contribution in [0.4, 0.5) is 0 Å². The van der Waals surface area contributed by atoms with E-state index in [1.807, 2.05) is 0 Å². The molecule has 0 amide bonds. The van der Waals surface area contributed by atoms with Gasteiger partial charge in [0.1, 0.15) is 0 Å². The molecule has 0 radical (unpaired) electrons. The highest BCUT2D eigenvalue weighted by Gasteiger charge is 2.35. The van der Waals surface area contributed by atoms with Gasteiger partial charge in [-0.1, -0.05) is 13.8 Å². The standard InChI is InChI=1S/C12H19NO3/c1-12(2)7-9(11(15)10(14)8-12)13-3-5-16-6-4-13/h15H,3-8H2,1-2H3. The molecule has 90 valence electrons. The van der Waals surface area contributed by atoms with E-state index in [1.165, 1.54) is 0 Å². The first kappa shape index (κ1) is 11.5. The number of aliphatic hydroxyl groups is 1. The van der Waals surface area contributed by atoms with Gasteiger partial charge in [0.15, 0.2) is 11.5 Å². The SMILES string of the molecule is CC1(C)CC(=O)C(O)=C(N2CCOCC2)C1. The zero-order chi connectivity index (χ0) is 11.8. The first-order valence-electron chi connectivity index (χ1n) is 5.78. The Morgan fingerprint density at radius 3 is 2.50 bits per heavy atom. The number of ketones is 1. The molecule has 1 N–H and O–H groups in total. The number of aliphatic hydroxyl groups excluding tert-OH is 1. The monoisotopic (exact) mass is 225 g/mol. The molecule has 2 rings (SSSR count). The van der Waals surface area contributed by atoms with E-state index in [0.29, 0.717) is 19.6 Å². The van der Waals surface area contributed by atoms with Gasteiger partial charge in [-0.15, -0.1) is 0 Å². The quantitative estimate of drug-likeness (QED) is 0.734. The van der Waals surface area contributed by atoms with Crippen molar-refractivity contribution in [2.45, 2.75) is 26.7 Å². The Balaban J connectivity index is 2.22. The van der Waals surface area contributed by atoms with Crippen molar-refractivity contribution in [1.29, 1.82) is 0 Å². The minimum Gasteiger partial charge on any atom is -0.503 e. The van der Waals surface area contributed by atoms with Crippen molar-refractivity contribution in [2.24, 2.45) is 5.41 Å². The highest BCUT2D eigenvalue weighted by Crippen LogP contribution is 2.37. The number of hydrogen-bond acceptors (Lipinski definition) is 4. The number of allylic oxidation sites excluding steroid dienone is 2. The summed E-state index contributed by atoms with van der Waals surface area (Å²) in [6, 6.07) is 0. The third-order valence-electron chi connectivity index (χ3n) is 3.22. The van der Waals surface area contributed by atoms with Gasteiger partial charge in [-0.2, -0.15) is 0 Å². The lowest BCUT2D eigenvalue weighted by molar-refractivity contribution is -0.121. The summed E-state index contributed by atoms with van der Waals surface area (Å²) >= 11 is 0. The first-order chi connectivity index (χ1) is 7.49. The average molecular weight is 225 g/mol. The van der Waals surface area contributed by atoms with Crippen LogP contribution in [0.2, 0.25) is 0 Å². The van der Waals surface area contributed by atoms with E-state index < -0.39 is 0 Å². The molecule has 0 aromatic carbocycles. The second kappa shape index (κ2) is 4.09. The maximum absolute atomic E-state index is 11.7. The Kier molecular flexibility index (Phi) is 2.93. The molecule has 16 heavy (non-hydrogen) atoms. The van der Waals surface area contributed by atoms with Crippen LogP contribution in [-0.4, -0.2) is 42.1 Å². The van der Waals surface area contributed by atoms with E-state index in [1.54, 1.807) is 0 Å². The first-order valence-corrected chi connectivity index (χ1v) is 5.78. The minimum absolute atomic E-state index is 0.0266. The molecule has 0 bridgehead atoms. The molecule has 1 saturated heterocycles. The Morgan fingerprint density at radius 1 is 1.25 bits per heavy atom. The second-order valence-electron chi connectivity index (χ2n) is 5.34. The number of rotatable bonds is 1. The summed E-state index contributed by atoms with van der Waals surface area (Å²) in [5, 5.41) is 9.87. The molecule has 0 unspecified atom stereocenters. The number of carbonyl (C=O) groups is 1. The lowest BCUT2D eigenvalue weighted by atomic mass is 9.77. The molecule has 1 fully saturated rings. The van der Waals surface area contributed by atoms with Crippen LogP contribution < -0.4 is 0 Å². The van der Waals surface area contributed by atoms with Gasteiger partial charge in [-0.3, -0.25) is 4.79 Å². The maximum Gasteiger partial charge on any atom is 0.199 e. The Hall–Kier alpha value is -1.03. The van der Waals surface area contributed by atoms with Crippen LogP contribution in [0.5, 0.6) is 0 Å². The van der Waals surface area contributed by atoms with Crippen molar-refractivity contribution in [3.8, 4) is 0 Å². The van der Waals surface area contributed by atoms with Crippen LogP contribution in [0, 0.1) is 5.41 Å². The van der Waals surface area contributed by atoms with E-state index in [2.05, 4.69) is 18.7 Å². The third-order valence-corrected chi connectivity index (χ3v) is 3.22. The number of hydrogen-bond donors (Lipinski definition) is 1. The molecule has 0 saturated carbocycles. The van der Waals surface area contributed by atoms with Gasteiger partial charge in [0.2, 0.25) is 0 Å². The highest BCUT2D eigenvalue weighted by molar-refractivity contribution is 5.95. The number of ether oxygens (including phenoxy) is 1. The molecule has 0 atom stereocenters. The number of carbonyl (C=O) groups excluding carboxylic acids is 1. The summed E-state index contributed by atoms with van der Waals surface area (Å²) in [4.78, 5) is 13.8. The van der Waals surface area contributed by atoms with E-state index >= 15 is 0 Å². The third kappa shape index (κ3) is 2.21. The Morgan fingerprint density at radius 2 is 1.88 bits per heavy atom. The van der Waals surface area contributed by atoms with Gasteiger partial charge < -0.3 is 14.7 Å². The zero-order valence-electron chi connectivity index (χ0n) is 9.95. The molecule has 0 aromatic heterocycles. The van der Waals surface area contributed by atoms with Gasteiger partial charge in [0, 0.05) is 19.5 Å². The van der Waals surface area contributed by atoms with Crippen molar-refractivity contribution >= 4 is 5.78 Å². The van der Waals surface area contributed by atoms with Crippen LogP contribution >= 0.6 is 0 Å². The molecule has 0 aromatic rings. The van der Waals surface area contributed by atoms with Gasteiger partial charge in [-0.25, -0.2) is 0 Å². The number of nitrogens with zero attached hydrogens (tertiary/aromatic N) is 1. The zero-order valence-corrected chi connectivity index (χ0v) is 9.95. The molecule has 0 spiro atoms. The van der Waals surface area contributed by atoms with Gasteiger partial charge in [0.05, 0.1) is 18.9 Å². The normalized spacial score (nSPS) is 26.1. The van der Waals surface area contributed by atoms with Crippen LogP contribution in [-0.2, 0) is 9.53 Å². The van der Waals surface area contributed by atoms with Gasteiger partial charge >= 0.3 is 0 Å². The summed E-state index contributed by atoms with van der Waals surface area (Å²) in [5.74, 6) is -0.154. The largest absolute Gasteiger partial charge is 0.503 e. The highest BCUT2D eigenvalue weighted by atomic mass is 16.5. The van der Waals surface area contributed by atoms with Crippen molar-refractivity contribution < 1.29 is 14.6 Å². The van der Waals surface area contributed by atoms with Crippen molar-refractivity contribution in [3.63, 3.8) is 0 Å². The fourth-order valence-electron chi connectivity index (χ4n) is 2.37. The summed E-state index contributed by atoms with van der Waals surface area (Å²) in [6.45, 7) is 7.01. The summed E-state index contributed by atoms with van der Waals surface area (Å²) in [7, 11) is 0. The molecule has 4 nitrogen and oxygen atoms in total. The lowest BCUT2D eigenvalue weighted by Crippen LogP contribution is -2.40. The van der Waals surface area contributed by atoms with Crippen LogP contribution in [0.15, 0.2) is 11.5 Å².